The van der Waals surface area contributed by atoms with Crippen LogP contribution < -0.4 is 4.90 Å². The minimum absolute atomic E-state index is 0.0762. The van der Waals surface area contributed by atoms with Gasteiger partial charge >= 0.3 is 0 Å². The van der Waals surface area contributed by atoms with Gasteiger partial charge in [0.2, 0.25) is 0 Å². The highest BCUT2D eigenvalue weighted by Gasteiger charge is 2.16. The molecule has 23 heavy (non-hydrogen) atoms. The van der Waals surface area contributed by atoms with Gasteiger partial charge in [0, 0.05) is 25.3 Å². The van der Waals surface area contributed by atoms with E-state index in [1.165, 1.54) is 5.56 Å². The number of aryl methyl sites for hydroxylation is 1. The Morgan fingerprint density at radius 3 is 2.30 bits per heavy atom. The molecule has 0 fully saturated rings. The molecule has 122 valence electrons. The van der Waals surface area contributed by atoms with Crippen LogP contribution in [-0.2, 0) is 0 Å². The van der Waals surface area contributed by atoms with E-state index in [0.29, 0.717) is 18.8 Å². The van der Waals surface area contributed by atoms with Crippen LogP contribution in [0, 0.1) is 6.92 Å². The first-order valence-corrected chi connectivity index (χ1v) is 8.06. The van der Waals surface area contributed by atoms with Crippen molar-refractivity contribution in [1.29, 1.82) is 0 Å². The van der Waals surface area contributed by atoms with Crippen molar-refractivity contribution in [2.24, 2.45) is 0 Å². The highest BCUT2D eigenvalue weighted by atomic mass is 16.2. The zero-order valence-corrected chi connectivity index (χ0v) is 14.3. The van der Waals surface area contributed by atoms with Gasteiger partial charge < -0.3 is 9.80 Å². The number of aromatic nitrogens is 2. The van der Waals surface area contributed by atoms with Crippen LogP contribution in [0.15, 0.2) is 36.7 Å². The Bertz CT molecular complexity index is 650. The van der Waals surface area contributed by atoms with Crippen LogP contribution in [0.25, 0.3) is 0 Å². The SMILES string of the molecule is CCN(CC)C(=O)c1cnc(N(CC)c2cccc(C)c2)cn1. The molecule has 2 rings (SSSR count). The summed E-state index contributed by atoms with van der Waals surface area (Å²) in [6.07, 6.45) is 3.23. The predicted molar refractivity (Wildman–Crippen MR) is 93.1 cm³/mol. The summed E-state index contributed by atoms with van der Waals surface area (Å²) in [6, 6.07) is 8.25. The average Bonchev–Trinajstić information content (AvgIpc) is 2.57. The van der Waals surface area contributed by atoms with Gasteiger partial charge in [0.25, 0.3) is 5.91 Å². The summed E-state index contributed by atoms with van der Waals surface area (Å²) >= 11 is 0. The Kier molecular flexibility index (Phi) is 5.68. The highest BCUT2D eigenvalue weighted by Crippen LogP contribution is 2.23. The molecule has 1 amide bonds. The summed E-state index contributed by atoms with van der Waals surface area (Å²) in [6.45, 7) is 10.2. The zero-order chi connectivity index (χ0) is 16.8. The van der Waals surface area contributed by atoms with Crippen molar-refractivity contribution in [1.82, 2.24) is 14.9 Å². The molecule has 2 aromatic rings. The van der Waals surface area contributed by atoms with Gasteiger partial charge in [0.15, 0.2) is 5.82 Å². The Balaban J connectivity index is 2.25. The van der Waals surface area contributed by atoms with E-state index in [4.69, 9.17) is 0 Å². The van der Waals surface area contributed by atoms with Crippen LogP contribution in [0.2, 0.25) is 0 Å². The molecular formula is C18H24N4O. The van der Waals surface area contributed by atoms with Gasteiger partial charge in [0.05, 0.1) is 12.4 Å². The summed E-state index contributed by atoms with van der Waals surface area (Å²) in [5, 5.41) is 0. The molecule has 1 heterocycles. The quantitative estimate of drug-likeness (QED) is 0.820. The van der Waals surface area contributed by atoms with Crippen molar-refractivity contribution in [3.05, 3.63) is 47.9 Å². The number of carbonyl (C=O) groups excluding carboxylic acids is 1. The van der Waals surface area contributed by atoms with Crippen molar-refractivity contribution in [3.63, 3.8) is 0 Å². The molecule has 0 aliphatic carbocycles. The van der Waals surface area contributed by atoms with Crippen molar-refractivity contribution in [2.75, 3.05) is 24.5 Å². The van der Waals surface area contributed by atoms with E-state index in [2.05, 4.69) is 40.8 Å². The Morgan fingerprint density at radius 1 is 1.04 bits per heavy atom. The number of nitrogens with zero attached hydrogens (tertiary/aromatic N) is 4. The molecule has 1 aromatic carbocycles. The lowest BCUT2D eigenvalue weighted by Crippen LogP contribution is -2.31. The van der Waals surface area contributed by atoms with Crippen LogP contribution in [0.3, 0.4) is 0 Å². The van der Waals surface area contributed by atoms with Gasteiger partial charge in [-0.1, -0.05) is 12.1 Å². The molecule has 0 radical (unpaired) electrons. The first-order valence-electron chi connectivity index (χ1n) is 8.06. The van der Waals surface area contributed by atoms with Crippen LogP contribution in [-0.4, -0.2) is 40.4 Å². The zero-order valence-electron chi connectivity index (χ0n) is 14.3. The molecule has 0 aliphatic heterocycles. The maximum atomic E-state index is 12.3. The highest BCUT2D eigenvalue weighted by molar-refractivity contribution is 5.92. The van der Waals surface area contributed by atoms with Crippen molar-refractivity contribution in [2.45, 2.75) is 27.7 Å². The van der Waals surface area contributed by atoms with E-state index < -0.39 is 0 Å². The molecule has 0 saturated heterocycles. The Hall–Kier alpha value is -2.43. The summed E-state index contributed by atoms with van der Waals surface area (Å²) in [4.78, 5) is 24.9. The number of benzene rings is 1. The number of hydrogen-bond donors (Lipinski definition) is 0. The molecule has 0 N–H and O–H groups in total. The molecule has 0 aliphatic rings. The van der Waals surface area contributed by atoms with Gasteiger partial charge in [-0.15, -0.1) is 0 Å². The maximum Gasteiger partial charge on any atom is 0.274 e. The van der Waals surface area contributed by atoms with Crippen molar-refractivity contribution < 1.29 is 4.79 Å². The monoisotopic (exact) mass is 312 g/mol. The fourth-order valence-corrected chi connectivity index (χ4v) is 2.52. The van der Waals surface area contributed by atoms with Crippen LogP contribution >= 0.6 is 0 Å². The molecule has 0 unspecified atom stereocenters. The number of anilines is 2. The molecule has 0 spiro atoms. The molecule has 0 saturated carbocycles. The van der Waals surface area contributed by atoms with Crippen LogP contribution in [0.1, 0.15) is 36.8 Å². The number of hydrogen-bond acceptors (Lipinski definition) is 4. The Morgan fingerprint density at radius 2 is 1.78 bits per heavy atom. The lowest BCUT2D eigenvalue weighted by molar-refractivity contribution is 0.0766. The second-order valence-corrected chi connectivity index (χ2v) is 5.32. The molecule has 0 atom stereocenters. The van der Waals surface area contributed by atoms with Gasteiger partial charge in [-0.05, 0) is 45.4 Å². The number of amides is 1. The van der Waals surface area contributed by atoms with E-state index in [1.807, 2.05) is 26.0 Å². The van der Waals surface area contributed by atoms with Gasteiger partial charge in [0.1, 0.15) is 5.69 Å². The van der Waals surface area contributed by atoms with E-state index in [-0.39, 0.29) is 5.91 Å². The third-order valence-corrected chi connectivity index (χ3v) is 3.81. The first-order chi connectivity index (χ1) is 11.1. The molecular weight excluding hydrogens is 288 g/mol. The molecule has 5 nitrogen and oxygen atoms in total. The third-order valence-electron chi connectivity index (χ3n) is 3.81. The van der Waals surface area contributed by atoms with Crippen LogP contribution in [0.5, 0.6) is 0 Å². The third kappa shape index (κ3) is 3.86. The standard InChI is InChI=1S/C18H24N4O/c1-5-21(6-2)18(23)16-12-20-17(13-19-16)22(7-3)15-10-8-9-14(4)11-15/h8-13H,5-7H2,1-4H3. The number of carbonyl (C=O) groups is 1. The van der Waals surface area contributed by atoms with Gasteiger partial charge in [-0.3, -0.25) is 4.79 Å². The van der Waals surface area contributed by atoms with Crippen LogP contribution in [0.4, 0.5) is 11.5 Å². The van der Waals surface area contributed by atoms with Gasteiger partial charge in [-0.2, -0.15) is 0 Å². The van der Waals surface area contributed by atoms with E-state index >= 15 is 0 Å². The largest absolute Gasteiger partial charge is 0.338 e. The fourth-order valence-electron chi connectivity index (χ4n) is 2.52. The van der Waals surface area contributed by atoms with E-state index in [9.17, 15) is 4.79 Å². The van der Waals surface area contributed by atoms with E-state index in [0.717, 1.165) is 18.1 Å². The minimum Gasteiger partial charge on any atom is -0.338 e. The summed E-state index contributed by atoms with van der Waals surface area (Å²) in [7, 11) is 0. The van der Waals surface area contributed by atoms with E-state index in [1.54, 1.807) is 17.3 Å². The minimum atomic E-state index is -0.0762. The second-order valence-electron chi connectivity index (χ2n) is 5.32. The topological polar surface area (TPSA) is 49.3 Å². The summed E-state index contributed by atoms with van der Waals surface area (Å²) in [5.74, 6) is 0.668. The molecule has 1 aromatic heterocycles. The first kappa shape index (κ1) is 16.9. The summed E-state index contributed by atoms with van der Waals surface area (Å²) < 4.78 is 0. The van der Waals surface area contributed by atoms with Crippen molar-refractivity contribution in [3.8, 4) is 0 Å². The smallest absolute Gasteiger partial charge is 0.274 e. The molecule has 0 bridgehead atoms. The Labute approximate surface area is 138 Å². The lowest BCUT2D eigenvalue weighted by Gasteiger charge is -2.22. The van der Waals surface area contributed by atoms with Crippen molar-refractivity contribution >= 4 is 17.4 Å². The fraction of sp³-hybridized carbons (Fsp3) is 0.389. The maximum absolute atomic E-state index is 12.3. The predicted octanol–water partition coefficient (Wildman–Crippen LogP) is 3.43. The average molecular weight is 312 g/mol. The number of rotatable bonds is 6. The summed E-state index contributed by atoms with van der Waals surface area (Å²) in [5.41, 5.74) is 2.66. The molecule has 5 heteroatoms. The lowest BCUT2D eigenvalue weighted by atomic mass is 10.2. The van der Waals surface area contributed by atoms with Gasteiger partial charge in [-0.25, -0.2) is 9.97 Å². The second kappa shape index (κ2) is 7.72. The normalized spacial score (nSPS) is 10.4.